The van der Waals surface area contributed by atoms with E-state index >= 15 is 0 Å². The van der Waals surface area contributed by atoms with E-state index in [0.29, 0.717) is 32.5 Å². The molecule has 0 saturated carbocycles. The Morgan fingerprint density at radius 3 is 2.71 bits per heavy atom. The summed E-state index contributed by atoms with van der Waals surface area (Å²) in [5, 5.41) is 8.47. The highest BCUT2D eigenvalue weighted by molar-refractivity contribution is 9.10. The van der Waals surface area contributed by atoms with Crippen molar-refractivity contribution in [1.29, 1.82) is 0 Å². The highest BCUT2D eigenvalue weighted by atomic mass is 79.9. The van der Waals surface area contributed by atoms with Crippen molar-refractivity contribution < 1.29 is 0 Å². The van der Waals surface area contributed by atoms with Crippen LogP contribution in [0.3, 0.4) is 0 Å². The van der Waals surface area contributed by atoms with Crippen LogP contribution >= 0.6 is 50.7 Å². The lowest BCUT2D eigenvalue weighted by molar-refractivity contribution is 0.936. The molecule has 5 nitrogen and oxygen atoms in total. The molecule has 9 heteroatoms. The summed E-state index contributed by atoms with van der Waals surface area (Å²) in [5.74, 6) is 1.02. The van der Waals surface area contributed by atoms with Gasteiger partial charge in [-0.25, -0.2) is 0 Å². The average Bonchev–Trinajstić information content (AvgIpc) is 2.91. The number of fused-ring (bicyclic) bond motifs is 1. The van der Waals surface area contributed by atoms with Crippen molar-refractivity contribution in [2.45, 2.75) is 6.92 Å². The minimum atomic E-state index is 0.345. The first-order valence-corrected chi connectivity index (χ1v) is 7.68. The van der Waals surface area contributed by atoms with E-state index in [2.05, 4.69) is 36.3 Å². The Hall–Kier alpha value is -1.08. The molecule has 0 amide bonds. The molecule has 0 atom stereocenters. The zero-order valence-electron chi connectivity index (χ0n) is 10.5. The summed E-state index contributed by atoms with van der Waals surface area (Å²) in [7, 11) is 0. The average molecular weight is 407 g/mol. The van der Waals surface area contributed by atoms with Gasteiger partial charge in [0, 0.05) is 10.0 Å². The summed E-state index contributed by atoms with van der Waals surface area (Å²) in [6.07, 6.45) is 1.40. The predicted octanol–water partition coefficient (Wildman–Crippen LogP) is 4.90. The van der Waals surface area contributed by atoms with Crippen molar-refractivity contribution in [1.82, 2.24) is 19.6 Å². The van der Waals surface area contributed by atoms with Crippen LogP contribution in [-0.4, -0.2) is 19.6 Å². The molecule has 0 fully saturated rings. The molecular weight excluding hydrogens is 400 g/mol. The van der Waals surface area contributed by atoms with Crippen LogP contribution in [0.4, 0.5) is 11.5 Å². The molecule has 21 heavy (non-hydrogen) atoms. The molecule has 3 aromatic rings. The first kappa shape index (κ1) is 14.8. The largest absolute Gasteiger partial charge is 0.338 e. The fourth-order valence-electron chi connectivity index (χ4n) is 1.79. The molecule has 0 unspecified atom stereocenters. The van der Waals surface area contributed by atoms with E-state index in [-0.39, 0.29) is 0 Å². The van der Waals surface area contributed by atoms with Gasteiger partial charge in [-0.1, -0.05) is 34.8 Å². The van der Waals surface area contributed by atoms with E-state index in [4.69, 9.17) is 34.8 Å². The van der Waals surface area contributed by atoms with E-state index in [9.17, 15) is 0 Å². The molecule has 0 saturated heterocycles. The van der Waals surface area contributed by atoms with Crippen molar-refractivity contribution in [2.24, 2.45) is 0 Å². The van der Waals surface area contributed by atoms with Gasteiger partial charge < -0.3 is 5.32 Å². The van der Waals surface area contributed by atoms with Crippen molar-refractivity contribution >= 4 is 68.0 Å². The van der Waals surface area contributed by atoms with E-state index in [0.717, 1.165) is 10.0 Å². The molecule has 0 aliphatic heterocycles. The van der Waals surface area contributed by atoms with Crippen LogP contribution in [0.15, 0.2) is 22.9 Å². The number of rotatable bonds is 2. The maximum Gasteiger partial charge on any atom is 0.255 e. The number of benzene rings is 1. The predicted molar refractivity (Wildman–Crippen MR) is 88.0 cm³/mol. The molecule has 3 rings (SSSR count). The van der Waals surface area contributed by atoms with Crippen LogP contribution in [0.25, 0.3) is 5.78 Å². The molecule has 0 spiro atoms. The molecule has 2 heterocycles. The Labute approximate surface area is 143 Å². The number of hydrogen-bond donors (Lipinski definition) is 1. The number of halogens is 4. The Bertz CT molecular complexity index is 849. The highest BCUT2D eigenvalue weighted by Gasteiger charge is 2.15. The van der Waals surface area contributed by atoms with Crippen LogP contribution in [0.1, 0.15) is 5.56 Å². The van der Waals surface area contributed by atoms with Crippen LogP contribution in [0.5, 0.6) is 0 Å². The number of nitrogens with one attached hydrogen (secondary N) is 1. The summed E-state index contributed by atoms with van der Waals surface area (Å²) in [6.45, 7) is 1.83. The third-order valence-electron chi connectivity index (χ3n) is 2.89. The third kappa shape index (κ3) is 2.57. The third-order valence-corrected chi connectivity index (χ3v) is 5.03. The summed E-state index contributed by atoms with van der Waals surface area (Å²) in [5.41, 5.74) is 1.36. The molecule has 1 aromatic carbocycles. The lowest BCUT2D eigenvalue weighted by atomic mass is 10.3. The van der Waals surface area contributed by atoms with Gasteiger partial charge in [-0.2, -0.15) is 19.6 Å². The topological polar surface area (TPSA) is 55.1 Å². The zero-order chi connectivity index (χ0) is 15.1. The van der Waals surface area contributed by atoms with Crippen LogP contribution < -0.4 is 5.32 Å². The quantitative estimate of drug-likeness (QED) is 0.485. The van der Waals surface area contributed by atoms with Gasteiger partial charge in [0.2, 0.25) is 0 Å². The standard InChI is InChI=1S/C12H7BrCl3N5/c1-5-10(16)20-12-17-4-18-21(12)11(5)19-7-3-2-6(13)8(14)9(7)15/h2-4,19H,1H3. The van der Waals surface area contributed by atoms with Gasteiger partial charge in [-0.15, -0.1) is 0 Å². The lowest BCUT2D eigenvalue weighted by Crippen LogP contribution is -2.05. The Kier molecular flexibility index (Phi) is 3.96. The van der Waals surface area contributed by atoms with Crippen LogP contribution in [-0.2, 0) is 0 Å². The molecule has 1 N–H and O–H groups in total. The normalized spacial score (nSPS) is 11.1. The molecule has 2 aromatic heterocycles. The fraction of sp³-hybridized carbons (Fsp3) is 0.0833. The zero-order valence-corrected chi connectivity index (χ0v) is 14.4. The van der Waals surface area contributed by atoms with Crippen LogP contribution in [0, 0.1) is 6.92 Å². The number of hydrogen-bond acceptors (Lipinski definition) is 4. The van der Waals surface area contributed by atoms with Crippen molar-refractivity contribution in [2.75, 3.05) is 5.32 Å². The molecule has 108 valence electrons. The fourth-order valence-corrected chi connectivity index (χ4v) is 2.78. The SMILES string of the molecule is Cc1c(Cl)nc2ncnn2c1Nc1ccc(Br)c(Cl)c1Cl. The smallest absolute Gasteiger partial charge is 0.255 e. The van der Waals surface area contributed by atoms with E-state index < -0.39 is 0 Å². The Balaban J connectivity index is 2.16. The number of aromatic nitrogens is 4. The summed E-state index contributed by atoms with van der Waals surface area (Å²) < 4.78 is 2.27. The maximum absolute atomic E-state index is 6.25. The second-order valence-electron chi connectivity index (χ2n) is 4.20. The van der Waals surface area contributed by atoms with Crippen molar-refractivity contribution in [3.63, 3.8) is 0 Å². The Morgan fingerprint density at radius 1 is 1.19 bits per heavy atom. The van der Waals surface area contributed by atoms with E-state index in [1.807, 2.05) is 6.92 Å². The van der Waals surface area contributed by atoms with Gasteiger partial charge in [-0.05, 0) is 35.0 Å². The Morgan fingerprint density at radius 2 is 1.95 bits per heavy atom. The first-order chi connectivity index (χ1) is 9.99. The minimum absolute atomic E-state index is 0.345. The number of anilines is 2. The molecule has 0 aliphatic carbocycles. The van der Waals surface area contributed by atoms with E-state index in [1.54, 1.807) is 16.6 Å². The summed E-state index contributed by atoms with van der Waals surface area (Å²) in [4.78, 5) is 8.17. The second kappa shape index (κ2) is 5.61. The van der Waals surface area contributed by atoms with Gasteiger partial charge in [-0.3, -0.25) is 0 Å². The van der Waals surface area contributed by atoms with Gasteiger partial charge in [0.1, 0.15) is 17.3 Å². The first-order valence-electron chi connectivity index (χ1n) is 5.75. The molecule has 0 bridgehead atoms. The highest BCUT2D eigenvalue weighted by Crippen LogP contribution is 2.37. The van der Waals surface area contributed by atoms with Gasteiger partial charge >= 0.3 is 0 Å². The van der Waals surface area contributed by atoms with Gasteiger partial charge in [0.05, 0.1) is 15.7 Å². The maximum atomic E-state index is 6.25. The monoisotopic (exact) mass is 405 g/mol. The molecule has 0 aliphatic rings. The lowest BCUT2D eigenvalue weighted by Gasteiger charge is -2.14. The molecular formula is C12H7BrCl3N5. The van der Waals surface area contributed by atoms with Crippen molar-refractivity contribution in [3.05, 3.63) is 43.7 Å². The second-order valence-corrected chi connectivity index (χ2v) is 6.16. The summed E-state index contributed by atoms with van der Waals surface area (Å²) in [6, 6.07) is 3.60. The van der Waals surface area contributed by atoms with Gasteiger partial charge in [0.15, 0.2) is 0 Å². The van der Waals surface area contributed by atoms with Crippen LogP contribution in [0.2, 0.25) is 15.2 Å². The number of nitrogens with zero attached hydrogens (tertiary/aromatic N) is 4. The molecule has 0 radical (unpaired) electrons. The summed E-state index contributed by atoms with van der Waals surface area (Å²) >= 11 is 21.8. The van der Waals surface area contributed by atoms with E-state index in [1.165, 1.54) is 6.33 Å². The minimum Gasteiger partial charge on any atom is -0.338 e. The van der Waals surface area contributed by atoms with Gasteiger partial charge in [0.25, 0.3) is 5.78 Å². The van der Waals surface area contributed by atoms with Crippen molar-refractivity contribution in [3.8, 4) is 0 Å².